The molecule has 0 aliphatic carbocycles. The van der Waals surface area contributed by atoms with E-state index < -0.39 is 7.60 Å². The summed E-state index contributed by atoms with van der Waals surface area (Å²) in [7, 11) is -1.61. The molecule has 1 unspecified atom stereocenters. The molecule has 1 atom stereocenters. The predicted octanol–water partition coefficient (Wildman–Crippen LogP) is 1.65. The summed E-state index contributed by atoms with van der Waals surface area (Å²) in [5.74, 6) is 0. The zero-order valence-electron chi connectivity index (χ0n) is 5.09. The Bertz CT molecular complexity index is 101. The van der Waals surface area contributed by atoms with Crippen molar-refractivity contribution >= 4 is 7.60 Å². The molecule has 0 aromatic rings. The van der Waals surface area contributed by atoms with Gasteiger partial charge in [0.1, 0.15) is 0 Å². The van der Waals surface area contributed by atoms with Crippen molar-refractivity contribution in [1.82, 2.24) is 0 Å². The molecule has 0 N–H and O–H groups in total. The van der Waals surface area contributed by atoms with Gasteiger partial charge in [-0.25, -0.2) is 6.66 Å². The maximum Gasteiger partial charge on any atom is 0.184 e. The molecule has 0 aromatic heterocycles. The molecule has 3 nitrogen and oxygen atoms in total. The molecule has 0 bridgehead atoms. The van der Waals surface area contributed by atoms with Gasteiger partial charge in [0.2, 0.25) is 0 Å². The minimum atomic E-state index is -2.92. The molecular weight excluding hydrogens is 127 g/mol. The van der Waals surface area contributed by atoms with Gasteiger partial charge in [0.25, 0.3) is 0 Å². The van der Waals surface area contributed by atoms with Crippen molar-refractivity contribution in [2.24, 2.45) is 0 Å². The van der Waals surface area contributed by atoms with Gasteiger partial charge in [0, 0.05) is 7.11 Å². The minimum absolute atomic E-state index is 0.370. The summed E-state index contributed by atoms with van der Waals surface area (Å²) < 4.78 is 19.6. The Morgan fingerprint density at radius 2 is 2.25 bits per heavy atom. The van der Waals surface area contributed by atoms with E-state index in [1.54, 1.807) is 6.92 Å². The molecule has 0 amide bonds. The lowest BCUT2D eigenvalue weighted by molar-refractivity contribution is 0.253. The van der Waals surface area contributed by atoms with E-state index in [1.807, 2.05) is 0 Å². The Labute approximate surface area is 49.5 Å². The van der Waals surface area contributed by atoms with Crippen molar-refractivity contribution in [2.45, 2.75) is 6.92 Å². The molecule has 0 aromatic carbocycles. The fourth-order valence-electron chi connectivity index (χ4n) is 0.249. The van der Waals surface area contributed by atoms with Crippen molar-refractivity contribution in [3.63, 3.8) is 0 Å². The molecule has 4 heteroatoms. The van der Waals surface area contributed by atoms with Crippen LogP contribution in [0.15, 0.2) is 0 Å². The van der Waals surface area contributed by atoms with Crippen LogP contribution in [-0.4, -0.2) is 13.7 Å². The average Bonchev–Trinajstić information content (AvgIpc) is 1.67. The number of hydrogen-bond acceptors (Lipinski definition) is 3. The molecule has 0 heterocycles. The van der Waals surface area contributed by atoms with Crippen LogP contribution < -0.4 is 0 Å². The first kappa shape index (κ1) is 8.15. The maximum atomic E-state index is 10.6. The third-order valence-electron chi connectivity index (χ3n) is 0.604. The van der Waals surface area contributed by atoms with Crippen LogP contribution in [0.5, 0.6) is 0 Å². The van der Waals surface area contributed by atoms with E-state index >= 15 is 0 Å². The van der Waals surface area contributed by atoms with Crippen LogP contribution in [0.2, 0.25) is 0 Å². The first-order valence-electron chi connectivity index (χ1n) is 2.27. The zero-order chi connectivity index (χ0) is 6.62. The van der Waals surface area contributed by atoms with Gasteiger partial charge in [-0.1, -0.05) is 0 Å². The van der Waals surface area contributed by atoms with Crippen molar-refractivity contribution in [3.8, 4) is 0 Å². The van der Waals surface area contributed by atoms with Crippen LogP contribution in [-0.2, 0) is 13.6 Å². The Balaban J connectivity index is 3.55. The Morgan fingerprint density at radius 1 is 1.75 bits per heavy atom. The van der Waals surface area contributed by atoms with E-state index in [0.29, 0.717) is 6.61 Å². The monoisotopic (exact) mass is 137 g/mol. The van der Waals surface area contributed by atoms with Gasteiger partial charge in [0.05, 0.1) is 6.61 Å². The fraction of sp³-hybridized carbons (Fsp3) is 0.750. The van der Waals surface area contributed by atoms with Crippen LogP contribution >= 0.6 is 7.60 Å². The molecule has 0 aliphatic heterocycles. The van der Waals surface area contributed by atoms with E-state index in [0.717, 1.165) is 0 Å². The van der Waals surface area contributed by atoms with Gasteiger partial charge in [0.15, 0.2) is 7.60 Å². The van der Waals surface area contributed by atoms with Crippen molar-refractivity contribution in [2.75, 3.05) is 13.7 Å². The second-order valence-corrected chi connectivity index (χ2v) is 3.06. The molecule has 0 saturated heterocycles. The summed E-state index contributed by atoms with van der Waals surface area (Å²) >= 11 is 0. The molecule has 50 valence electrons. The maximum absolute atomic E-state index is 10.6. The quantitative estimate of drug-likeness (QED) is 0.438. The second kappa shape index (κ2) is 3.23. The summed E-state index contributed by atoms with van der Waals surface area (Å²) in [6.07, 6.45) is 0. The van der Waals surface area contributed by atoms with Crippen molar-refractivity contribution in [3.05, 3.63) is 6.66 Å². The van der Waals surface area contributed by atoms with Crippen LogP contribution in [0.3, 0.4) is 0 Å². The average molecular weight is 137 g/mol. The van der Waals surface area contributed by atoms with E-state index in [1.165, 1.54) is 7.11 Å². The summed E-state index contributed by atoms with van der Waals surface area (Å²) in [5, 5.41) is 0. The topological polar surface area (TPSA) is 35.5 Å². The van der Waals surface area contributed by atoms with Gasteiger partial charge < -0.3 is 9.05 Å². The largest absolute Gasteiger partial charge is 0.335 e. The third-order valence-corrected chi connectivity index (χ3v) is 1.81. The summed E-state index contributed by atoms with van der Waals surface area (Å²) in [6.45, 7) is 5.29. The Morgan fingerprint density at radius 3 is 2.38 bits per heavy atom. The van der Waals surface area contributed by atoms with E-state index in [-0.39, 0.29) is 0 Å². The molecular formula is C4H10O3P-. The van der Waals surface area contributed by atoms with E-state index in [4.69, 9.17) is 0 Å². The Hall–Kier alpha value is 0.150. The summed E-state index contributed by atoms with van der Waals surface area (Å²) in [4.78, 5) is 0. The molecule has 0 aliphatic rings. The lowest BCUT2D eigenvalue weighted by Crippen LogP contribution is -1.86. The third kappa shape index (κ3) is 3.19. The van der Waals surface area contributed by atoms with Crippen molar-refractivity contribution in [1.29, 1.82) is 0 Å². The minimum Gasteiger partial charge on any atom is -0.335 e. The highest BCUT2D eigenvalue weighted by molar-refractivity contribution is 7.55. The Kier molecular flexibility index (Phi) is 3.29. The second-order valence-electron chi connectivity index (χ2n) is 1.21. The first-order chi connectivity index (χ1) is 3.62. The van der Waals surface area contributed by atoms with Crippen LogP contribution in [0, 0.1) is 6.66 Å². The standard InChI is InChI=1S/C4H10O3P/c1-4-7-8(3,5)6-2/h3-4H2,1-2H3/q-1. The molecule has 0 rings (SSSR count). The van der Waals surface area contributed by atoms with Crippen molar-refractivity contribution < 1.29 is 13.6 Å². The zero-order valence-corrected chi connectivity index (χ0v) is 5.98. The molecule has 8 heavy (non-hydrogen) atoms. The lowest BCUT2D eigenvalue weighted by atomic mass is 10.9. The summed E-state index contributed by atoms with van der Waals surface area (Å²) in [6, 6.07) is 0. The van der Waals surface area contributed by atoms with E-state index in [2.05, 4.69) is 15.7 Å². The van der Waals surface area contributed by atoms with Crippen LogP contribution in [0.25, 0.3) is 0 Å². The molecule has 0 radical (unpaired) electrons. The number of hydrogen-bond donors (Lipinski definition) is 0. The van der Waals surface area contributed by atoms with Gasteiger partial charge in [-0.05, 0) is 6.92 Å². The SMILES string of the molecule is [CH2-]P(=O)(OC)OCC. The van der Waals surface area contributed by atoms with Gasteiger partial charge in [-0.2, -0.15) is 0 Å². The van der Waals surface area contributed by atoms with Gasteiger partial charge in [-0.3, -0.25) is 4.57 Å². The predicted molar refractivity (Wildman–Crippen MR) is 31.6 cm³/mol. The first-order valence-corrected chi connectivity index (χ1v) is 4.00. The summed E-state index contributed by atoms with van der Waals surface area (Å²) in [5.41, 5.74) is 0. The lowest BCUT2D eigenvalue weighted by Gasteiger charge is -2.15. The molecule has 0 spiro atoms. The smallest absolute Gasteiger partial charge is 0.184 e. The highest BCUT2D eigenvalue weighted by atomic mass is 31.2. The fourth-order valence-corrected chi connectivity index (χ4v) is 0.748. The number of rotatable bonds is 3. The normalized spacial score (nSPS) is 17.9. The van der Waals surface area contributed by atoms with Crippen LogP contribution in [0.4, 0.5) is 0 Å². The highest BCUT2D eigenvalue weighted by Crippen LogP contribution is 2.44. The van der Waals surface area contributed by atoms with E-state index in [9.17, 15) is 4.57 Å². The molecule has 0 fully saturated rings. The highest BCUT2D eigenvalue weighted by Gasteiger charge is 2.01. The van der Waals surface area contributed by atoms with Crippen LogP contribution in [0.1, 0.15) is 6.92 Å². The molecule has 0 saturated carbocycles. The van der Waals surface area contributed by atoms with Gasteiger partial charge in [-0.15, -0.1) is 0 Å². The van der Waals surface area contributed by atoms with Gasteiger partial charge >= 0.3 is 0 Å².